The Morgan fingerprint density at radius 1 is 1.27 bits per heavy atom. The molecule has 26 heavy (non-hydrogen) atoms. The highest BCUT2D eigenvalue weighted by Gasteiger charge is 2.15. The summed E-state index contributed by atoms with van der Waals surface area (Å²) in [4.78, 5) is 20.5. The van der Waals surface area contributed by atoms with Gasteiger partial charge in [-0.2, -0.15) is 5.10 Å². The average molecular weight is 351 g/mol. The lowest BCUT2D eigenvalue weighted by molar-refractivity contribution is 0.0952. The highest BCUT2D eigenvalue weighted by atomic mass is 16.1. The second kappa shape index (κ2) is 7.49. The number of aryl methyl sites for hydroxylation is 1. The van der Waals surface area contributed by atoms with Crippen LogP contribution in [0.5, 0.6) is 0 Å². The van der Waals surface area contributed by atoms with Gasteiger partial charge in [-0.1, -0.05) is 0 Å². The molecule has 0 fully saturated rings. The summed E-state index contributed by atoms with van der Waals surface area (Å²) in [6.45, 7) is 3.91. The molecule has 0 aromatic carbocycles. The number of fused-ring (bicyclic) bond motifs is 1. The lowest BCUT2D eigenvalue weighted by Crippen LogP contribution is -2.27. The van der Waals surface area contributed by atoms with Gasteiger partial charge in [0, 0.05) is 56.5 Å². The summed E-state index contributed by atoms with van der Waals surface area (Å²) < 4.78 is 4.07. The maximum Gasteiger partial charge on any atom is 0.251 e. The third-order valence-electron chi connectivity index (χ3n) is 4.42. The number of pyridine rings is 1. The van der Waals surface area contributed by atoms with Gasteiger partial charge in [0.1, 0.15) is 5.69 Å². The molecule has 0 saturated carbocycles. The first-order valence-electron chi connectivity index (χ1n) is 8.78. The first-order chi connectivity index (χ1) is 12.8. The lowest BCUT2D eigenvalue weighted by Gasteiger charge is -2.08. The van der Waals surface area contributed by atoms with E-state index in [4.69, 9.17) is 5.10 Å². The molecule has 4 heterocycles. The van der Waals surface area contributed by atoms with Crippen LogP contribution < -0.4 is 10.6 Å². The fourth-order valence-electron chi connectivity index (χ4n) is 3.09. The van der Waals surface area contributed by atoms with Gasteiger partial charge in [-0.25, -0.2) is 4.98 Å². The van der Waals surface area contributed by atoms with E-state index < -0.39 is 0 Å². The van der Waals surface area contributed by atoms with Crippen LogP contribution in [-0.4, -0.2) is 43.3 Å². The van der Waals surface area contributed by atoms with Crippen LogP contribution in [0.4, 0.5) is 0 Å². The first kappa shape index (κ1) is 16.5. The minimum absolute atomic E-state index is 0.103. The van der Waals surface area contributed by atoms with E-state index in [2.05, 4.69) is 31.3 Å². The number of hydrogen-bond donors (Lipinski definition) is 2. The number of carbonyl (C=O) groups excluding carboxylic acids is 1. The Hall–Kier alpha value is -3.00. The predicted molar refractivity (Wildman–Crippen MR) is 96.3 cm³/mol. The molecule has 1 aliphatic heterocycles. The van der Waals surface area contributed by atoms with Crippen LogP contribution in [0, 0.1) is 0 Å². The van der Waals surface area contributed by atoms with E-state index in [1.807, 2.05) is 10.8 Å². The Labute approximate surface area is 151 Å². The molecule has 3 aromatic rings. The van der Waals surface area contributed by atoms with Crippen molar-refractivity contribution in [3.05, 3.63) is 54.2 Å². The van der Waals surface area contributed by atoms with Gasteiger partial charge in [-0.3, -0.25) is 14.5 Å². The summed E-state index contributed by atoms with van der Waals surface area (Å²) in [6, 6.07) is 5.49. The molecule has 8 heteroatoms. The number of hydrogen-bond acceptors (Lipinski definition) is 5. The van der Waals surface area contributed by atoms with Crippen molar-refractivity contribution in [2.45, 2.75) is 26.1 Å². The van der Waals surface area contributed by atoms with Gasteiger partial charge in [-0.15, -0.1) is 0 Å². The third-order valence-corrected chi connectivity index (χ3v) is 4.42. The van der Waals surface area contributed by atoms with Gasteiger partial charge in [0.2, 0.25) is 0 Å². The van der Waals surface area contributed by atoms with Gasteiger partial charge in [0.05, 0.1) is 5.69 Å². The highest BCUT2D eigenvalue weighted by Crippen LogP contribution is 2.19. The van der Waals surface area contributed by atoms with Crippen LogP contribution in [0.25, 0.3) is 11.5 Å². The van der Waals surface area contributed by atoms with Crippen molar-refractivity contribution in [3.8, 4) is 11.5 Å². The number of amides is 1. The van der Waals surface area contributed by atoms with Gasteiger partial charge < -0.3 is 15.2 Å². The minimum Gasteiger partial charge on any atom is -0.350 e. The number of rotatable bonds is 5. The van der Waals surface area contributed by atoms with Crippen molar-refractivity contribution in [1.29, 1.82) is 0 Å². The molecule has 2 N–H and O–H groups in total. The molecule has 0 radical (unpaired) electrons. The van der Waals surface area contributed by atoms with Crippen LogP contribution in [0.1, 0.15) is 22.5 Å². The van der Waals surface area contributed by atoms with Crippen molar-refractivity contribution < 1.29 is 4.79 Å². The summed E-state index contributed by atoms with van der Waals surface area (Å²) in [6.07, 6.45) is 7.98. The van der Waals surface area contributed by atoms with E-state index in [0.717, 1.165) is 37.6 Å². The quantitative estimate of drug-likeness (QED) is 0.718. The van der Waals surface area contributed by atoms with Crippen molar-refractivity contribution in [3.63, 3.8) is 0 Å². The smallest absolute Gasteiger partial charge is 0.251 e. The minimum atomic E-state index is -0.103. The highest BCUT2D eigenvalue weighted by molar-refractivity contribution is 5.93. The molecular weight excluding hydrogens is 330 g/mol. The van der Waals surface area contributed by atoms with Crippen LogP contribution in [0.15, 0.2) is 43.0 Å². The number of carbonyl (C=O) groups is 1. The second-order valence-electron chi connectivity index (χ2n) is 6.21. The largest absolute Gasteiger partial charge is 0.350 e. The number of aromatic nitrogens is 5. The van der Waals surface area contributed by atoms with Gasteiger partial charge in [-0.05, 0) is 31.2 Å². The molecule has 134 valence electrons. The fraction of sp³-hybridized carbons (Fsp3) is 0.333. The molecule has 1 amide bonds. The molecule has 3 aromatic heterocycles. The molecular formula is C18H21N7O. The zero-order valence-electron chi connectivity index (χ0n) is 14.4. The maximum atomic E-state index is 12.1. The van der Waals surface area contributed by atoms with Crippen LogP contribution in [-0.2, 0) is 19.6 Å². The monoisotopic (exact) mass is 351 g/mol. The summed E-state index contributed by atoms with van der Waals surface area (Å²) >= 11 is 0. The molecule has 0 bridgehead atoms. The summed E-state index contributed by atoms with van der Waals surface area (Å²) in [5.41, 5.74) is 2.66. The normalized spacial score (nSPS) is 13.8. The van der Waals surface area contributed by atoms with Crippen molar-refractivity contribution >= 4 is 5.91 Å². The zero-order valence-corrected chi connectivity index (χ0v) is 14.4. The Morgan fingerprint density at radius 2 is 2.15 bits per heavy atom. The predicted octanol–water partition coefficient (Wildman–Crippen LogP) is 1.06. The Morgan fingerprint density at radius 3 is 3.04 bits per heavy atom. The van der Waals surface area contributed by atoms with Gasteiger partial charge in [0.15, 0.2) is 5.82 Å². The molecule has 0 saturated heterocycles. The molecule has 4 rings (SSSR count). The lowest BCUT2D eigenvalue weighted by atomic mass is 10.2. The molecule has 0 unspecified atom stereocenters. The maximum absolute atomic E-state index is 12.1. The summed E-state index contributed by atoms with van der Waals surface area (Å²) in [7, 11) is 0. The van der Waals surface area contributed by atoms with E-state index in [1.54, 1.807) is 30.7 Å². The van der Waals surface area contributed by atoms with E-state index in [0.29, 0.717) is 18.7 Å². The van der Waals surface area contributed by atoms with Crippen LogP contribution in [0.2, 0.25) is 0 Å². The summed E-state index contributed by atoms with van der Waals surface area (Å²) in [5.74, 6) is 0.720. The standard InChI is InChI=1S/C18H21N7O/c26-18(14-2-5-19-6-3-14)22-8-11-24-10-7-21-17(24)16-12-15-13-20-4-1-9-25(15)23-16/h2-3,5-7,10,12,20H,1,4,8-9,11,13H2,(H,22,26). The molecule has 0 atom stereocenters. The molecule has 1 aliphatic rings. The van der Waals surface area contributed by atoms with E-state index in [1.165, 1.54) is 5.69 Å². The molecule has 0 aliphatic carbocycles. The second-order valence-corrected chi connectivity index (χ2v) is 6.21. The average Bonchev–Trinajstić information content (AvgIpc) is 3.24. The van der Waals surface area contributed by atoms with Crippen LogP contribution >= 0.6 is 0 Å². The molecule has 0 spiro atoms. The molecule has 8 nitrogen and oxygen atoms in total. The third kappa shape index (κ3) is 3.50. The SMILES string of the molecule is O=C(NCCn1ccnc1-c1cc2n(n1)CCCNC2)c1ccncc1. The van der Waals surface area contributed by atoms with Crippen LogP contribution in [0.3, 0.4) is 0 Å². The first-order valence-corrected chi connectivity index (χ1v) is 8.78. The zero-order chi connectivity index (χ0) is 17.8. The van der Waals surface area contributed by atoms with E-state index >= 15 is 0 Å². The topological polar surface area (TPSA) is 89.7 Å². The van der Waals surface area contributed by atoms with E-state index in [-0.39, 0.29) is 5.91 Å². The van der Waals surface area contributed by atoms with E-state index in [9.17, 15) is 4.79 Å². The van der Waals surface area contributed by atoms with Gasteiger partial charge >= 0.3 is 0 Å². The Kier molecular flexibility index (Phi) is 4.74. The van der Waals surface area contributed by atoms with Crippen molar-refractivity contribution in [2.24, 2.45) is 0 Å². The van der Waals surface area contributed by atoms with Crippen molar-refractivity contribution in [1.82, 2.24) is 34.9 Å². The van der Waals surface area contributed by atoms with Gasteiger partial charge in [0.25, 0.3) is 5.91 Å². The fourth-order valence-corrected chi connectivity index (χ4v) is 3.09. The number of nitrogens with one attached hydrogen (secondary N) is 2. The Balaban J connectivity index is 1.42. The Bertz CT molecular complexity index is 861. The number of nitrogens with zero attached hydrogens (tertiary/aromatic N) is 5. The summed E-state index contributed by atoms with van der Waals surface area (Å²) in [5, 5.41) is 11.0. The number of imidazole rings is 1. The van der Waals surface area contributed by atoms with Crippen molar-refractivity contribution in [2.75, 3.05) is 13.1 Å².